The van der Waals surface area contributed by atoms with Crippen LogP contribution in [0.3, 0.4) is 0 Å². The lowest BCUT2D eigenvalue weighted by atomic mass is 10.1. The predicted molar refractivity (Wildman–Crippen MR) is 66.8 cm³/mol. The summed E-state index contributed by atoms with van der Waals surface area (Å²) >= 11 is 0. The molecule has 3 rings (SSSR count). The molecule has 5 heteroatoms. The molecule has 94 valence electrons. The minimum Gasteiger partial charge on any atom is -0.493 e. The molecule has 1 aromatic heterocycles. The average molecular weight is 246 g/mol. The number of fused-ring (bicyclic) bond motifs is 1. The van der Waals surface area contributed by atoms with Crippen molar-refractivity contribution >= 4 is 10.9 Å². The van der Waals surface area contributed by atoms with Crippen molar-refractivity contribution in [2.24, 2.45) is 5.92 Å². The summed E-state index contributed by atoms with van der Waals surface area (Å²) in [6, 6.07) is 5.33. The second-order valence-electron chi connectivity index (χ2n) is 4.45. The lowest BCUT2D eigenvalue weighted by Crippen LogP contribution is -2.12. The Kier molecular flexibility index (Phi) is 2.98. The van der Waals surface area contributed by atoms with Crippen LogP contribution in [0.4, 0.5) is 0 Å². The Labute approximate surface area is 104 Å². The van der Waals surface area contributed by atoms with E-state index in [2.05, 4.69) is 9.97 Å². The van der Waals surface area contributed by atoms with Crippen molar-refractivity contribution in [3.63, 3.8) is 0 Å². The first kappa shape index (κ1) is 11.2. The van der Waals surface area contributed by atoms with Gasteiger partial charge in [0.25, 0.3) is 5.56 Å². The van der Waals surface area contributed by atoms with E-state index in [9.17, 15) is 4.79 Å². The SMILES string of the molecule is O=c1[nH]cnc2cc(OC[C@H]3CCOC3)ccc12. The van der Waals surface area contributed by atoms with Crippen LogP contribution in [-0.4, -0.2) is 29.8 Å². The molecule has 1 atom stereocenters. The molecule has 0 aliphatic carbocycles. The lowest BCUT2D eigenvalue weighted by molar-refractivity contribution is 0.167. The third kappa shape index (κ3) is 2.22. The largest absolute Gasteiger partial charge is 0.493 e. The van der Waals surface area contributed by atoms with Crippen LogP contribution < -0.4 is 10.3 Å². The number of nitrogens with zero attached hydrogens (tertiary/aromatic N) is 1. The molecule has 2 aromatic rings. The third-order valence-corrected chi connectivity index (χ3v) is 3.12. The van der Waals surface area contributed by atoms with Gasteiger partial charge in [0.15, 0.2) is 0 Å². The standard InChI is InChI=1S/C13H14N2O3/c16-13-11-2-1-10(5-12(11)14-8-15-13)18-7-9-3-4-17-6-9/h1-2,5,8-9H,3-4,6-7H2,(H,14,15,16)/t9-/m0/s1. The Bertz CT molecular complexity index is 602. The summed E-state index contributed by atoms with van der Waals surface area (Å²) in [5, 5.41) is 0.578. The molecule has 1 fully saturated rings. The molecule has 1 saturated heterocycles. The Balaban J connectivity index is 1.78. The van der Waals surface area contributed by atoms with Gasteiger partial charge in [-0.15, -0.1) is 0 Å². The quantitative estimate of drug-likeness (QED) is 0.887. The molecule has 0 radical (unpaired) electrons. The lowest BCUT2D eigenvalue weighted by Gasteiger charge is -2.10. The topological polar surface area (TPSA) is 64.2 Å². The summed E-state index contributed by atoms with van der Waals surface area (Å²) in [4.78, 5) is 18.2. The van der Waals surface area contributed by atoms with Crippen LogP contribution in [-0.2, 0) is 4.74 Å². The van der Waals surface area contributed by atoms with Crippen LogP contribution in [0.1, 0.15) is 6.42 Å². The van der Waals surface area contributed by atoms with Crippen LogP contribution in [0, 0.1) is 5.92 Å². The molecular formula is C13H14N2O3. The zero-order valence-electron chi connectivity index (χ0n) is 9.89. The van der Waals surface area contributed by atoms with Crippen molar-refractivity contribution in [2.45, 2.75) is 6.42 Å². The summed E-state index contributed by atoms with van der Waals surface area (Å²) in [7, 11) is 0. The van der Waals surface area contributed by atoms with Crippen molar-refractivity contribution in [2.75, 3.05) is 19.8 Å². The Morgan fingerprint density at radius 2 is 2.44 bits per heavy atom. The minimum absolute atomic E-state index is 0.129. The van der Waals surface area contributed by atoms with Crippen molar-refractivity contribution in [3.05, 3.63) is 34.9 Å². The van der Waals surface area contributed by atoms with Crippen LogP contribution >= 0.6 is 0 Å². The number of ether oxygens (including phenoxy) is 2. The highest BCUT2D eigenvalue weighted by molar-refractivity contribution is 5.78. The maximum Gasteiger partial charge on any atom is 0.258 e. The van der Waals surface area contributed by atoms with E-state index >= 15 is 0 Å². The zero-order valence-corrected chi connectivity index (χ0v) is 9.89. The molecule has 1 N–H and O–H groups in total. The van der Waals surface area contributed by atoms with E-state index in [1.807, 2.05) is 0 Å². The van der Waals surface area contributed by atoms with Crippen molar-refractivity contribution < 1.29 is 9.47 Å². The van der Waals surface area contributed by atoms with Crippen LogP contribution in [0.25, 0.3) is 10.9 Å². The molecule has 0 unspecified atom stereocenters. The molecule has 2 heterocycles. The van der Waals surface area contributed by atoms with Gasteiger partial charge < -0.3 is 14.5 Å². The highest BCUT2D eigenvalue weighted by Gasteiger charge is 2.16. The molecule has 1 aliphatic rings. The Morgan fingerprint density at radius 1 is 1.50 bits per heavy atom. The second-order valence-corrected chi connectivity index (χ2v) is 4.45. The smallest absolute Gasteiger partial charge is 0.258 e. The molecule has 0 saturated carbocycles. The van der Waals surface area contributed by atoms with E-state index in [1.165, 1.54) is 6.33 Å². The van der Waals surface area contributed by atoms with E-state index in [1.54, 1.807) is 18.2 Å². The first-order valence-corrected chi connectivity index (χ1v) is 6.01. The van der Waals surface area contributed by atoms with Gasteiger partial charge in [-0.2, -0.15) is 0 Å². The fraction of sp³-hybridized carbons (Fsp3) is 0.385. The summed E-state index contributed by atoms with van der Waals surface area (Å²) in [5.74, 6) is 1.21. The molecule has 5 nitrogen and oxygen atoms in total. The van der Waals surface area contributed by atoms with E-state index in [0.29, 0.717) is 23.4 Å². The van der Waals surface area contributed by atoms with Crippen molar-refractivity contribution in [3.8, 4) is 5.75 Å². The van der Waals surface area contributed by atoms with Crippen molar-refractivity contribution in [1.82, 2.24) is 9.97 Å². The second kappa shape index (κ2) is 4.78. The van der Waals surface area contributed by atoms with Gasteiger partial charge in [0.2, 0.25) is 0 Å². The predicted octanol–water partition coefficient (Wildman–Crippen LogP) is 1.34. The number of hydrogen-bond donors (Lipinski definition) is 1. The molecule has 0 bridgehead atoms. The number of H-pyrrole nitrogens is 1. The zero-order chi connectivity index (χ0) is 12.4. The van der Waals surface area contributed by atoms with E-state index in [-0.39, 0.29) is 5.56 Å². The van der Waals surface area contributed by atoms with Gasteiger partial charge in [-0.1, -0.05) is 0 Å². The summed E-state index contributed by atoms with van der Waals surface area (Å²) < 4.78 is 11.0. The van der Waals surface area contributed by atoms with Gasteiger partial charge >= 0.3 is 0 Å². The van der Waals surface area contributed by atoms with Gasteiger partial charge in [0.05, 0.1) is 30.4 Å². The number of aromatic nitrogens is 2. The Hall–Kier alpha value is -1.88. The number of rotatable bonds is 3. The number of aromatic amines is 1. The normalized spacial score (nSPS) is 19.2. The van der Waals surface area contributed by atoms with E-state index in [0.717, 1.165) is 25.4 Å². The fourth-order valence-electron chi connectivity index (χ4n) is 2.07. The van der Waals surface area contributed by atoms with E-state index < -0.39 is 0 Å². The molecule has 1 aliphatic heterocycles. The average Bonchev–Trinajstić information content (AvgIpc) is 2.90. The van der Waals surface area contributed by atoms with Gasteiger partial charge in [0, 0.05) is 18.6 Å². The molecule has 0 spiro atoms. The monoisotopic (exact) mass is 246 g/mol. The summed E-state index contributed by atoms with van der Waals surface area (Å²) in [5.41, 5.74) is 0.523. The molecule has 0 amide bonds. The maximum atomic E-state index is 11.5. The summed E-state index contributed by atoms with van der Waals surface area (Å²) in [6.07, 6.45) is 2.45. The highest BCUT2D eigenvalue weighted by Crippen LogP contribution is 2.19. The Morgan fingerprint density at radius 3 is 3.28 bits per heavy atom. The van der Waals surface area contributed by atoms with Crippen LogP contribution in [0.5, 0.6) is 5.75 Å². The number of nitrogens with one attached hydrogen (secondary N) is 1. The minimum atomic E-state index is -0.129. The molecular weight excluding hydrogens is 232 g/mol. The molecule has 18 heavy (non-hydrogen) atoms. The van der Waals surface area contributed by atoms with Crippen LogP contribution in [0.15, 0.2) is 29.3 Å². The van der Waals surface area contributed by atoms with Gasteiger partial charge in [-0.3, -0.25) is 4.79 Å². The van der Waals surface area contributed by atoms with Gasteiger partial charge in [-0.05, 0) is 18.6 Å². The number of hydrogen-bond acceptors (Lipinski definition) is 4. The van der Waals surface area contributed by atoms with Gasteiger partial charge in [-0.25, -0.2) is 4.98 Å². The third-order valence-electron chi connectivity index (χ3n) is 3.12. The van der Waals surface area contributed by atoms with Crippen molar-refractivity contribution in [1.29, 1.82) is 0 Å². The summed E-state index contributed by atoms with van der Waals surface area (Å²) in [6.45, 7) is 2.24. The fourth-order valence-corrected chi connectivity index (χ4v) is 2.07. The maximum absolute atomic E-state index is 11.5. The van der Waals surface area contributed by atoms with E-state index in [4.69, 9.17) is 9.47 Å². The molecule has 1 aromatic carbocycles. The van der Waals surface area contributed by atoms with Gasteiger partial charge in [0.1, 0.15) is 5.75 Å². The highest BCUT2D eigenvalue weighted by atomic mass is 16.5. The first-order valence-electron chi connectivity index (χ1n) is 6.01. The van der Waals surface area contributed by atoms with Crippen LogP contribution in [0.2, 0.25) is 0 Å². The first-order chi connectivity index (χ1) is 8.83. The number of benzene rings is 1.